The van der Waals surface area contributed by atoms with Gasteiger partial charge in [-0.25, -0.2) is 4.79 Å². The number of carboxylic acid groups (broad SMARTS) is 1. The summed E-state index contributed by atoms with van der Waals surface area (Å²) in [4.78, 5) is 34.9. The van der Waals surface area contributed by atoms with Crippen molar-refractivity contribution in [1.82, 2.24) is 4.90 Å². The van der Waals surface area contributed by atoms with Crippen molar-refractivity contribution in [1.29, 1.82) is 0 Å². The van der Waals surface area contributed by atoms with Crippen LogP contribution in [0.25, 0.3) is 0 Å². The first kappa shape index (κ1) is 13.7. The van der Waals surface area contributed by atoms with Gasteiger partial charge >= 0.3 is 5.97 Å². The maximum atomic E-state index is 12.0. The number of aromatic carboxylic acids is 1. The van der Waals surface area contributed by atoms with Crippen molar-refractivity contribution >= 4 is 17.8 Å². The zero-order valence-corrected chi connectivity index (χ0v) is 9.92. The zero-order chi connectivity index (χ0) is 13.7. The number of likely N-dealkylation sites (N-methyl/N-ethyl adjacent to an activating group) is 1. The summed E-state index contributed by atoms with van der Waals surface area (Å²) in [5, 5.41) is 8.83. The Morgan fingerprint density at radius 2 is 1.89 bits per heavy atom. The number of benzene rings is 1. The van der Waals surface area contributed by atoms with Gasteiger partial charge in [0, 0.05) is 12.1 Å². The Morgan fingerprint density at radius 1 is 1.28 bits per heavy atom. The minimum Gasteiger partial charge on any atom is -0.478 e. The molecule has 0 spiro atoms. The second-order valence-corrected chi connectivity index (χ2v) is 3.67. The minimum absolute atomic E-state index is 0.0241. The molecule has 0 saturated carbocycles. The van der Waals surface area contributed by atoms with Crippen molar-refractivity contribution in [2.24, 2.45) is 5.73 Å². The van der Waals surface area contributed by atoms with E-state index in [0.29, 0.717) is 6.54 Å². The Kier molecular flexibility index (Phi) is 4.42. The van der Waals surface area contributed by atoms with Crippen molar-refractivity contribution in [3.8, 4) is 0 Å². The molecule has 96 valence electrons. The van der Waals surface area contributed by atoms with Crippen LogP contribution in [-0.2, 0) is 4.79 Å². The van der Waals surface area contributed by atoms with Crippen molar-refractivity contribution in [3.63, 3.8) is 0 Å². The normalized spacial score (nSPS) is 9.83. The summed E-state index contributed by atoms with van der Waals surface area (Å²) >= 11 is 0. The van der Waals surface area contributed by atoms with Crippen molar-refractivity contribution in [2.75, 3.05) is 13.1 Å². The Bertz CT molecular complexity index is 485. The first-order chi connectivity index (χ1) is 8.45. The predicted octanol–water partition coefficient (Wildman–Crippen LogP) is 0.332. The van der Waals surface area contributed by atoms with E-state index in [0.717, 1.165) is 0 Å². The number of nitrogens with zero attached hydrogens (tertiary/aromatic N) is 1. The number of nitrogens with two attached hydrogens (primary N) is 1. The van der Waals surface area contributed by atoms with E-state index in [1.807, 2.05) is 0 Å². The highest BCUT2D eigenvalue weighted by Gasteiger charge is 2.17. The van der Waals surface area contributed by atoms with E-state index in [-0.39, 0.29) is 17.7 Å². The number of carbonyl (C=O) groups excluding carboxylic acids is 2. The third-order valence-corrected chi connectivity index (χ3v) is 2.37. The molecule has 0 aliphatic carbocycles. The summed E-state index contributed by atoms with van der Waals surface area (Å²) in [5.41, 5.74) is 5.28. The van der Waals surface area contributed by atoms with Crippen LogP contribution >= 0.6 is 0 Å². The molecule has 18 heavy (non-hydrogen) atoms. The number of carbonyl (C=O) groups is 3. The summed E-state index contributed by atoms with van der Waals surface area (Å²) < 4.78 is 0. The molecule has 1 aromatic rings. The average Bonchev–Trinajstić information content (AvgIpc) is 2.35. The molecule has 1 aromatic carbocycles. The molecule has 0 atom stereocenters. The summed E-state index contributed by atoms with van der Waals surface area (Å²) in [5.74, 6) is -2.14. The SMILES string of the molecule is CCN(CC(N)=O)C(=O)c1cccc(C(=O)O)c1. The number of amides is 2. The van der Waals surface area contributed by atoms with Crippen molar-refractivity contribution < 1.29 is 19.5 Å². The molecule has 0 heterocycles. The fraction of sp³-hybridized carbons (Fsp3) is 0.250. The molecule has 0 bridgehead atoms. The van der Waals surface area contributed by atoms with Crippen LogP contribution in [0, 0.1) is 0 Å². The summed E-state index contributed by atoms with van der Waals surface area (Å²) in [7, 11) is 0. The van der Waals surface area contributed by atoms with Crippen LogP contribution in [0.2, 0.25) is 0 Å². The number of carboxylic acids is 1. The van der Waals surface area contributed by atoms with Gasteiger partial charge in [-0.05, 0) is 25.1 Å². The standard InChI is InChI=1S/C12H14N2O4/c1-2-14(7-10(13)15)11(16)8-4-3-5-9(6-8)12(17)18/h3-6H,2,7H2,1H3,(H2,13,15)(H,17,18). The molecule has 3 N–H and O–H groups in total. The molecule has 0 aliphatic rings. The van der Waals surface area contributed by atoms with Gasteiger partial charge in [-0.15, -0.1) is 0 Å². The van der Waals surface area contributed by atoms with E-state index < -0.39 is 17.8 Å². The lowest BCUT2D eigenvalue weighted by molar-refractivity contribution is -0.118. The third-order valence-electron chi connectivity index (χ3n) is 2.37. The maximum Gasteiger partial charge on any atom is 0.335 e. The zero-order valence-electron chi connectivity index (χ0n) is 9.92. The lowest BCUT2D eigenvalue weighted by Crippen LogP contribution is -2.38. The van der Waals surface area contributed by atoms with E-state index in [4.69, 9.17) is 10.8 Å². The molecule has 6 nitrogen and oxygen atoms in total. The first-order valence-corrected chi connectivity index (χ1v) is 5.36. The van der Waals surface area contributed by atoms with Gasteiger partial charge in [0.25, 0.3) is 5.91 Å². The van der Waals surface area contributed by atoms with Gasteiger partial charge in [0.05, 0.1) is 12.1 Å². The number of rotatable bonds is 5. The van der Waals surface area contributed by atoms with Crippen LogP contribution in [0.5, 0.6) is 0 Å². The third kappa shape index (κ3) is 3.31. The number of primary amides is 1. The van der Waals surface area contributed by atoms with Crippen molar-refractivity contribution in [2.45, 2.75) is 6.92 Å². The molecular weight excluding hydrogens is 236 g/mol. The van der Waals surface area contributed by atoms with Crippen LogP contribution in [0.1, 0.15) is 27.6 Å². The number of hydrogen-bond donors (Lipinski definition) is 2. The second kappa shape index (κ2) is 5.81. The van der Waals surface area contributed by atoms with E-state index >= 15 is 0 Å². The Labute approximate surface area is 104 Å². The van der Waals surface area contributed by atoms with Gasteiger partial charge in [0.15, 0.2) is 0 Å². The molecule has 0 saturated heterocycles. The Balaban J connectivity index is 2.98. The largest absolute Gasteiger partial charge is 0.478 e. The lowest BCUT2D eigenvalue weighted by Gasteiger charge is -2.19. The van der Waals surface area contributed by atoms with Gasteiger partial charge in [-0.3, -0.25) is 9.59 Å². The highest BCUT2D eigenvalue weighted by molar-refractivity contribution is 5.98. The molecule has 1 rings (SSSR count). The monoisotopic (exact) mass is 250 g/mol. The predicted molar refractivity (Wildman–Crippen MR) is 64.2 cm³/mol. The van der Waals surface area contributed by atoms with E-state index in [1.165, 1.54) is 29.2 Å². The molecule has 0 fully saturated rings. The highest BCUT2D eigenvalue weighted by atomic mass is 16.4. The lowest BCUT2D eigenvalue weighted by atomic mass is 10.1. The highest BCUT2D eigenvalue weighted by Crippen LogP contribution is 2.08. The molecule has 2 amide bonds. The second-order valence-electron chi connectivity index (χ2n) is 3.67. The van der Waals surface area contributed by atoms with Crippen LogP contribution in [-0.4, -0.2) is 40.9 Å². The topological polar surface area (TPSA) is 101 Å². The minimum atomic E-state index is -1.11. The maximum absolute atomic E-state index is 12.0. The van der Waals surface area contributed by atoms with Crippen LogP contribution in [0.4, 0.5) is 0 Å². The summed E-state index contributed by atoms with van der Waals surface area (Å²) in [6.07, 6.45) is 0. The molecule has 6 heteroatoms. The summed E-state index contributed by atoms with van der Waals surface area (Å²) in [6, 6.07) is 5.64. The van der Waals surface area contributed by atoms with Gasteiger partial charge in [0.1, 0.15) is 0 Å². The van der Waals surface area contributed by atoms with Crippen molar-refractivity contribution in [3.05, 3.63) is 35.4 Å². The van der Waals surface area contributed by atoms with E-state index in [2.05, 4.69) is 0 Å². The van der Waals surface area contributed by atoms with Gasteiger partial charge in [-0.1, -0.05) is 6.07 Å². The summed E-state index contributed by atoms with van der Waals surface area (Å²) in [6.45, 7) is 1.84. The van der Waals surface area contributed by atoms with Gasteiger partial charge < -0.3 is 15.7 Å². The first-order valence-electron chi connectivity index (χ1n) is 5.36. The quantitative estimate of drug-likeness (QED) is 0.786. The smallest absolute Gasteiger partial charge is 0.335 e. The molecular formula is C12H14N2O4. The number of hydrogen-bond acceptors (Lipinski definition) is 3. The Morgan fingerprint density at radius 3 is 2.39 bits per heavy atom. The van der Waals surface area contributed by atoms with Gasteiger partial charge in [0.2, 0.25) is 5.91 Å². The Hall–Kier alpha value is -2.37. The van der Waals surface area contributed by atoms with Crippen LogP contribution < -0.4 is 5.73 Å². The van der Waals surface area contributed by atoms with Crippen LogP contribution in [0.3, 0.4) is 0 Å². The van der Waals surface area contributed by atoms with E-state index in [9.17, 15) is 14.4 Å². The fourth-order valence-corrected chi connectivity index (χ4v) is 1.48. The molecule has 0 unspecified atom stereocenters. The average molecular weight is 250 g/mol. The van der Waals surface area contributed by atoms with Crippen LogP contribution in [0.15, 0.2) is 24.3 Å². The molecule has 0 aromatic heterocycles. The fourth-order valence-electron chi connectivity index (χ4n) is 1.48. The van der Waals surface area contributed by atoms with E-state index in [1.54, 1.807) is 6.92 Å². The molecule has 0 radical (unpaired) electrons. The van der Waals surface area contributed by atoms with Gasteiger partial charge in [-0.2, -0.15) is 0 Å². The molecule has 0 aliphatic heterocycles.